The zero-order valence-corrected chi connectivity index (χ0v) is 9.22. The van der Waals surface area contributed by atoms with Gasteiger partial charge < -0.3 is 10.5 Å². The van der Waals surface area contributed by atoms with E-state index in [4.69, 9.17) is 10.5 Å². The van der Waals surface area contributed by atoms with Gasteiger partial charge in [0.1, 0.15) is 0 Å². The molecule has 0 unspecified atom stereocenters. The Labute approximate surface area is 96.4 Å². The topological polar surface area (TPSA) is 35.2 Å². The molecule has 17 heavy (non-hydrogen) atoms. The lowest BCUT2D eigenvalue weighted by atomic mass is 10.1. The van der Waals surface area contributed by atoms with Crippen LogP contribution >= 0.6 is 0 Å². The molecule has 96 valence electrons. The van der Waals surface area contributed by atoms with E-state index in [0.717, 1.165) is 6.07 Å². The minimum atomic E-state index is -4.32. The fraction of sp³-hybridized carbons (Fsp3) is 0.455. The quantitative estimate of drug-likeness (QED) is 0.834. The van der Waals surface area contributed by atoms with Crippen LogP contribution in [-0.4, -0.2) is 12.8 Å². The maximum atomic E-state index is 13.4. The highest BCUT2D eigenvalue weighted by atomic mass is 19.4. The third-order valence-electron chi connectivity index (χ3n) is 2.12. The van der Waals surface area contributed by atoms with E-state index in [-0.39, 0.29) is 5.75 Å². The third kappa shape index (κ3) is 4.22. The van der Waals surface area contributed by atoms with Crippen LogP contribution < -0.4 is 10.5 Å². The predicted octanol–water partition coefficient (Wildman–Crippen LogP) is 3.18. The van der Waals surface area contributed by atoms with Gasteiger partial charge in [-0.15, -0.1) is 0 Å². The van der Waals surface area contributed by atoms with Gasteiger partial charge in [0.15, 0.2) is 11.6 Å². The van der Waals surface area contributed by atoms with Crippen LogP contribution in [0.5, 0.6) is 5.75 Å². The van der Waals surface area contributed by atoms with Crippen molar-refractivity contribution in [3.05, 3.63) is 29.6 Å². The number of ether oxygens (including phenoxy) is 1. The first-order valence-corrected chi connectivity index (χ1v) is 5.05. The SMILES string of the molecule is C[C@H](N)c1cccc(F)c1OCCC(F)(F)F. The molecule has 0 radical (unpaired) electrons. The average molecular weight is 251 g/mol. The highest BCUT2D eigenvalue weighted by Gasteiger charge is 2.27. The van der Waals surface area contributed by atoms with Crippen LogP contribution in [0.4, 0.5) is 17.6 Å². The summed E-state index contributed by atoms with van der Waals surface area (Å²) in [5.74, 6) is -0.909. The molecule has 1 atom stereocenters. The molecule has 0 aromatic heterocycles. The maximum Gasteiger partial charge on any atom is 0.392 e. The summed E-state index contributed by atoms with van der Waals surface area (Å²) in [5, 5.41) is 0. The Morgan fingerprint density at radius 2 is 2.00 bits per heavy atom. The van der Waals surface area contributed by atoms with Gasteiger partial charge in [0.2, 0.25) is 0 Å². The van der Waals surface area contributed by atoms with Crippen LogP contribution in [0.2, 0.25) is 0 Å². The van der Waals surface area contributed by atoms with E-state index in [1.54, 1.807) is 6.92 Å². The minimum Gasteiger partial charge on any atom is -0.490 e. The highest BCUT2D eigenvalue weighted by Crippen LogP contribution is 2.28. The largest absolute Gasteiger partial charge is 0.490 e. The molecule has 2 nitrogen and oxygen atoms in total. The third-order valence-corrected chi connectivity index (χ3v) is 2.12. The standard InChI is InChI=1S/C11H13F4NO/c1-7(16)8-3-2-4-9(12)10(8)17-6-5-11(13,14)15/h2-4,7H,5-6,16H2,1H3/t7-/m0/s1. The van der Waals surface area contributed by atoms with Gasteiger partial charge in [0.25, 0.3) is 0 Å². The first-order valence-electron chi connectivity index (χ1n) is 5.05. The molecule has 6 heteroatoms. The number of halogens is 4. The van der Waals surface area contributed by atoms with Gasteiger partial charge in [-0.2, -0.15) is 13.2 Å². The van der Waals surface area contributed by atoms with E-state index in [1.165, 1.54) is 12.1 Å². The van der Waals surface area contributed by atoms with E-state index < -0.39 is 31.1 Å². The zero-order chi connectivity index (χ0) is 13.1. The van der Waals surface area contributed by atoms with Crippen molar-refractivity contribution in [2.45, 2.75) is 25.6 Å². The highest BCUT2D eigenvalue weighted by molar-refractivity contribution is 5.36. The van der Waals surface area contributed by atoms with E-state index in [9.17, 15) is 17.6 Å². The van der Waals surface area contributed by atoms with Gasteiger partial charge in [0.05, 0.1) is 13.0 Å². The predicted molar refractivity (Wildman–Crippen MR) is 55.2 cm³/mol. The summed E-state index contributed by atoms with van der Waals surface area (Å²) < 4.78 is 54.0. The summed E-state index contributed by atoms with van der Waals surface area (Å²) in [6, 6.07) is 3.57. The first-order chi connectivity index (χ1) is 7.81. The van der Waals surface area contributed by atoms with Crippen molar-refractivity contribution in [1.29, 1.82) is 0 Å². The van der Waals surface area contributed by atoms with Crippen molar-refractivity contribution in [3.63, 3.8) is 0 Å². The normalized spacial score (nSPS) is 13.5. The Balaban J connectivity index is 2.76. The molecule has 0 aliphatic rings. The molecule has 1 aromatic carbocycles. The summed E-state index contributed by atoms with van der Waals surface area (Å²) >= 11 is 0. The van der Waals surface area contributed by atoms with Gasteiger partial charge in [-0.25, -0.2) is 4.39 Å². The van der Waals surface area contributed by atoms with Gasteiger partial charge in [-0.1, -0.05) is 12.1 Å². The molecule has 0 spiro atoms. The van der Waals surface area contributed by atoms with Crippen LogP contribution in [0.15, 0.2) is 18.2 Å². The Hall–Kier alpha value is -1.30. The number of para-hydroxylation sites is 1. The minimum absolute atomic E-state index is 0.202. The van der Waals surface area contributed by atoms with Crippen LogP contribution in [0.25, 0.3) is 0 Å². The molecule has 0 saturated heterocycles. The lowest BCUT2D eigenvalue weighted by molar-refractivity contribution is -0.139. The number of alkyl halides is 3. The van der Waals surface area contributed by atoms with Crippen molar-refractivity contribution in [3.8, 4) is 5.75 Å². The molecule has 0 heterocycles. The molecular weight excluding hydrogens is 238 g/mol. The summed E-state index contributed by atoms with van der Waals surface area (Å²) in [7, 11) is 0. The smallest absolute Gasteiger partial charge is 0.392 e. The molecule has 2 N–H and O–H groups in total. The number of hydrogen-bond donors (Lipinski definition) is 1. The van der Waals surface area contributed by atoms with E-state index in [2.05, 4.69) is 0 Å². The van der Waals surface area contributed by atoms with Crippen molar-refractivity contribution in [1.82, 2.24) is 0 Å². The molecule has 0 fully saturated rings. The lowest BCUT2D eigenvalue weighted by Gasteiger charge is -2.15. The Morgan fingerprint density at radius 3 is 2.53 bits per heavy atom. The van der Waals surface area contributed by atoms with Crippen LogP contribution in [0.1, 0.15) is 24.9 Å². The van der Waals surface area contributed by atoms with E-state index in [0.29, 0.717) is 5.56 Å². The number of nitrogens with two attached hydrogens (primary N) is 1. The maximum absolute atomic E-state index is 13.4. The molecule has 0 bridgehead atoms. The first kappa shape index (κ1) is 13.8. The summed E-state index contributed by atoms with van der Waals surface area (Å²) in [6.45, 7) is 0.982. The number of hydrogen-bond acceptors (Lipinski definition) is 2. The van der Waals surface area contributed by atoms with E-state index in [1.807, 2.05) is 0 Å². The second-order valence-corrected chi connectivity index (χ2v) is 3.66. The van der Waals surface area contributed by atoms with Crippen molar-refractivity contribution in [2.24, 2.45) is 5.73 Å². The van der Waals surface area contributed by atoms with Crippen molar-refractivity contribution in [2.75, 3.05) is 6.61 Å². The number of rotatable bonds is 4. The van der Waals surface area contributed by atoms with E-state index >= 15 is 0 Å². The Bertz CT molecular complexity index is 376. The van der Waals surface area contributed by atoms with Gasteiger partial charge in [0, 0.05) is 11.6 Å². The molecule has 1 rings (SSSR count). The summed E-state index contributed by atoms with van der Waals surface area (Å²) in [5.41, 5.74) is 5.93. The van der Waals surface area contributed by atoms with Gasteiger partial charge in [-0.3, -0.25) is 0 Å². The van der Waals surface area contributed by atoms with Crippen molar-refractivity contribution < 1.29 is 22.3 Å². The van der Waals surface area contributed by atoms with Crippen LogP contribution in [0, 0.1) is 5.82 Å². The lowest BCUT2D eigenvalue weighted by Crippen LogP contribution is -2.15. The average Bonchev–Trinajstić information content (AvgIpc) is 2.18. The molecule has 0 aliphatic carbocycles. The number of benzene rings is 1. The molecular formula is C11H13F4NO. The fourth-order valence-electron chi connectivity index (χ4n) is 1.31. The van der Waals surface area contributed by atoms with Crippen molar-refractivity contribution >= 4 is 0 Å². The second kappa shape index (κ2) is 5.35. The Morgan fingerprint density at radius 1 is 1.35 bits per heavy atom. The van der Waals surface area contributed by atoms with Crippen LogP contribution in [-0.2, 0) is 0 Å². The van der Waals surface area contributed by atoms with Gasteiger partial charge >= 0.3 is 6.18 Å². The molecule has 0 saturated carbocycles. The molecule has 1 aromatic rings. The monoisotopic (exact) mass is 251 g/mol. The fourth-order valence-corrected chi connectivity index (χ4v) is 1.31. The van der Waals surface area contributed by atoms with Gasteiger partial charge in [-0.05, 0) is 13.0 Å². The summed E-state index contributed by atoms with van der Waals surface area (Å²) in [4.78, 5) is 0. The Kier molecular flexibility index (Phi) is 4.34. The molecule has 0 aliphatic heterocycles. The van der Waals surface area contributed by atoms with Crippen LogP contribution in [0.3, 0.4) is 0 Å². The zero-order valence-electron chi connectivity index (χ0n) is 9.22. The second-order valence-electron chi connectivity index (χ2n) is 3.66. The summed E-state index contributed by atoms with van der Waals surface area (Å²) in [6.07, 6.45) is -5.44. The molecule has 0 amide bonds.